The van der Waals surface area contributed by atoms with Crippen molar-refractivity contribution in [2.45, 2.75) is 27.3 Å². The molecule has 2 aromatic rings. The normalized spacial score (nSPS) is 10.6. The molecule has 1 aromatic carbocycles. The quantitative estimate of drug-likeness (QED) is 0.913. The van der Waals surface area contributed by atoms with Crippen molar-refractivity contribution in [1.29, 1.82) is 0 Å². The summed E-state index contributed by atoms with van der Waals surface area (Å²) in [5, 5.41) is 3.39. The molecule has 0 aliphatic rings. The number of nitrogens with one attached hydrogen (secondary N) is 1. The third-order valence-corrected chi connectivity index (χ3v) is 3.18. The van der Waals surface area contributed by atoms with Crippen molar-refractivity contribution in [2.24, 2.45) is 0 Å². The summed E-state index contributed by atoms with van der Waals surface area (Å²) in [6.45, 7) is 7.16. The highest BCUT2D eigenvalue weighted by molar-refractivity contribution is 5.65. The fourth-order valence-corrected chi connectivity index (χ4v) is 2.19. The Hall–Kier alpha value is -1.97. The molecule has 0 atom stereocenters. The molecule has 0 aliphatic carbocycles. The van der Waals surface area contributed by atoms with Gasteiger partial charge in [0.15, 0.2) is 0 Å². The van der Waals surface area contributed by atoms with Gasteiger partial charge in [-0.15, -0.1) is 0 Å². The number of aromatic nitrogens is 2. The number of hydrogen-bond donors (Lipinski definition) is 1. The molecule has 0 aliphatic heterocycles. The van der Waals surface area contributed by atoms with Crippen LogP contribution in [0.1, 0.15) is 18.2 Å². The minimum atomic E-state index is 0.897. The third kappa shape index (κ3) is 2.89. The van der Waals surface area contributed by atoms with Gasteiger partial charge in [0.2, 0.25) is 5.95 Å². The number of rotatable bonds is 4. The molecular weight excluding hydrogens is 236 g/mol. The summed E-state index contributed by atoms with van der Waals surface area (Å²) in [7, 11) is 4.12. The predicted molar refractivity (Wildman–Crippen MR) is 81.4 cm³/mol. The number of anilines is 3. The van der Waals surface area contributed by atoms with Gasteiger partial charge in [0.1, 0.15) is 0 Å². The molecule has 102 valence electrons. The molecule has 2 rings (SSSR count). The first kappa shape index (κ1) is 13.5. The summed E-state index contributed by atoms with van der Waals surface area (Å²) in [6, 6.07) is 6.37. The number of imidazole rings is 1. The molecule has 0 unspecified atom stereocenters. The van der Waals surface area contributed by atoms with Gasteiger partial charge in [0.25, 0.3) is 0 Å². The minimum Gasteiger partial charge on any atom is -0.377 e. The molecule has 0 saturated heterocycles. The van der Waals surface area contributed by atoms with Gasteiger partial charge in [-0.1, -0.05) is 6.07 Å². The Kier molecular flexibility index (Phi) is 3.79. The first-order chi connectivity index (χ1) is 9.01. The van der Waals surface area contributed by atoms with E-state index in [1.807, 2.05) is 6.92 Å². The van der Waals surface area contributed by atoms with Crippen LogP contribution in [0.5, 0.6) is 0 Å². The second-order valence-corrected chi connectivity index (χ2v) is 5.01. The van der Waals surface area contributed by atoms with Gasteiger partial charge in [-0.05, 0) is 38.5 Å². The van der Waals surface area contributed by atoms with Crippen LogP contribution in [0.3, 0.4) is 0 Å². The van der Waals surface area contributed by atoms with E-state index in [0.29, 0.717) is 0 Å². The summed E-state index contributed by atoms with van der Waals surface area (Å²) in [4.78, 5) is 6.64. The van der Waals surface area contributed by atoms with Crippen molar-refractivity contribution in [1.82, 2.24) is 9.55 Å². The average Bonchev–Trinajstić information content (AvgIpc) is 2.71. The van der Waals surface area contributed by atoms with E-state index < -0.39 is 0 Å². The molecule has 19 heavy (non-hydrogen) atoms. The molecule has 4 nitrogen and oxygen atoms in total. The zero-order valence-electron chi connectivity index (χ0n) is 12.4. The Balaban J connectivity index is 2.30. The highest BCUT2D eigenvalue weighted by Gasteiger charge is 2.07. The van der Waals surface area contributed by atoms with Gasteiger partial charge >= 0.3 is 0 Å². The molecule has 0 radical (unpaired) electrons. The summed E-state index contributed by atoms with van der Waals surface area (Å²) in [5.74, 6) is 0.897. The molecule has 0 saturated carbocycles. The van der Waals surface area contributed by atoms with E-state index in [9.17, 15) is 0 Å². The highest BCUT2D eigenvalue weighted by atomic mass is 15.2. The van der Waals surface area contributed by atoms with Crippen LogP contribution in [0, 0.1) is 13.8 Å². The molecule has 0 spiro atoms. The SMILES string of the molecule is CCn1cc(C)nc1Nc1ccc(C)c(N(C)C)c1. The van der Waals surface area contributed by atoms with Crippen LogP contribution < -0.4 is 10.2 Å². The molecule has 0 amide bonds. The average molecular weight is 258 g/mol. The van der Waals surface area contributed by atoms with Gasteiger partial charge in [-0.2, -0.15) is 0 Å². The topological polar surface area (TPSA) is 33.1 Å². The van der Waals surface area contributed by atoms with Crippen LogP contribution in [-0.4, -0.2) is 23.6 Å². The van der Waals surface area contributed by atoms with E-state index in [-0.39, 0.29) is 0 Å². The molecule has 1 aromatic heterocycles. The largest absolute Gasteiger partial charge is 0.377 e. The van der Waals surface area contributed by atoms with Crippen molar-refractivity contribution in [3.63, 3.8) is 0 Å². The summed E-state index contributed by atoms with van der Waals surface area (Å²) in [5.41, 5.74) is 4.58. The summed E-state index contributed by atoms with van der Waals surface area (Å²) in [6.07, 6.45) is 2.06. The smallest absolute Gasteiger partial charge is 0.207 e. The van der Waals surface area contributed by atoms with Gasteiger partial charge in [0.05, 0.1) is 5.69 Å². The lowest BCUT2D eigenvalue weighted by Gasteiger charge is -2.17. The standard InChI is InChI=1S/C15H22N4/c1-6-19-10-12(3)16-15(19)17-13-8-7-11(2)14(9-13)18(4)5/h7-10H,6H2,1-5H3,(H,16,17). The van der Waals surface area contributed by atoms with Crippen molar-refractivity contribution < 1.29 is 0 Å². The fourth-order valence-electron chi connectivity index (χ4n) is 2.19. The van der Waals surface area contributed by atoms with Crippen molar-refractivity contribution in [2.75, 3.05) is 24.3 Å². The molecule has 0 bridgehead atoms. The van der Waals surface area contributed by atoms with Gasteiger partial charge in [0, 0.05) is 38.2 Å². The van der Waals surface area contributed by atoms with Crippen LogP contribution >= 0.6 is 0 Å². The first-order valence-corrected chi connectivity index (χ1v) is 6.60. The second kappa shape index (κ2) is 5.34. The number of aryl methyl sites for hydroxylation is 3. The van der Waals surface area contributed by atoms with Gasteiger partial charge < -0.3 is 14.8 Å². The lowest BCUT2D eigenvalue weighted by atomic mass is 10.1. The fraction of sp³-hybridized carbons (Fsp3) is 0.400. The van der Waals surface area contributed by atoms with E-state index in [1.165, 1.54) is 11.3 Å². The van der Waals surface area contributed by atoms with E-state index in [2.05, 4.69) is 72.1 Å². The van der Waals surface area contributed by atoms with E-state index in [4.69, 9.17) is 0 Å². The maximum Gasteiger partial charge on any atom is 0.207 e. The van der Waals surface area contributed by atoms with Crippen LogP contribution in [0.15, 0.2) is 24.4 Å². The summed E-state index contributed by atoms with van der Waals surface area (Å²) >= 11 is 0. The lowest BCUT2D eigenvalue weighted by Crippen LogP contribution is -2.10. The molecule has 4 heteroatoms. The molecule has 1 N–H and O–H groups in total. The zero-order chi connectivity index (χ0) is 14.0. The Morgan fingerprint density at radius 3 is 2.63 bits per heavy atom. The zero-order valence-corrected chi connectivity index (χ0v) is 12.4. The van der Waals surface area contributed by atoms with Crippen LogP contribution in [0.25, 0.3) is 0 Å². The first-order valence-electron chi connectivity index (χ1n) is 6.60. The Labute approximate surface area is 115 Å². The van der Waals surface area contributed by atoms with Crippen LogP contribution in [0.4, 0.5) is 17.3 Å². The molecular formula is C15H22N4. The molecule has 0 fully saturated rings. The lowest BCUT2D eigenvalue weighted by molar-refractivity contribution is 0.771. The van der Waals surface area contributed by atoms with E-state index in [0.717, 1.165) is 23.9 Å². The van der Waals surface area contributed by atoms with Gasteiger partial charge in [-0.3, -0.25) is 0 Å². The monoisotopic (exact) mass is 258 g/mol. The van der Waals surface area contributed by atoms with Gasteiger partial charge in [-0.25, -0.2) is 4.98 Å². The second-order valence-electron chi connectivity index (χ2n) is 5.01. The Morgan fingerprint density at radius 1 is 1.26 bits per heavy atom. The minimum absolute atomic E-state index is 0.897. The number of nitrogens with zero attached hydrogens (tertiary/aromatic N) is 3. The Bertz CT molecular complexity index is 570. The summed E-state index contributed by atoms with van der Waals surface area (Å²) < 4.78 is 2.12. The van der Waals surface area contributed by atoms with Crippen molar-refractivity contribution >= 4 is 17.3 Å². The van der Waals surface area contributed by atoms with Crippen LogP contribution in [-0.2, 0) is 6.54 Å². The number of hydrogen-bond acceptors (Lipinski definition) is 3. The number of benzene rings is 1. The van der Waals surface area contributed by atoms with E-state index in [1.54, 1.807) is 0 Å². The van der Waals surface area contributed by atoms with Crippen molar-refractivity contribution in [3.8, 4) is 0 Å². The predicted octanol–water partition coefficient (Wildman–Crippen LogP) is 3.33. The van der Waals surface area contributed by atoms with Crippen LogP contribution in [0.2, 0.25) is 0 Å². The highest BCUT2D eigenvalue weighted by Crippen LogP contribution is 2.24. The van der Waals surface area contributed by atoms with E-state index >= 15 is 0 Å². The maximum absolute atomic E-state index is 4.51. The Morgan fingerprint density at radius 2 is 2.00 bits per heavy atom. The van der Waals surface area contributed by atoms with Crippen molar-refractivity contribution in [3.05, 3.63) is 35.7 Å². The third-order valence-electron chi connectivity index (χ3n) is 3.18. The molecule has 1 heterocycles. The maximum atomic E-state index is 4.51.